The molecule has 11 heavy (non-hydrogen) atoms. The van der Waals surface area contributed by atoms with Gasteiger partial charge in [0.05, 0.1) is 0 Å². The smallest absolute Gasteiger partial charge is 0.0485 e. The normalized spacial score (nSPS) is 10.7. The maximum atomic E-state index is 2.70. The first-order valence-electron chi connectivity index (χ1n) is 3.60. The Bertz CT molecular complexity index is 389. The first kappa shape index (κ1) is 6.87. The van der Waals surface area contributed by atoms with Crippen LogP contribution >= 0.6 is 9.24 Å². The number of hydrogen-bond donors (Lipinski definition) is 0. The van der Waals surface area contributed by atoms with Gasteiger partial charge < -0.3 is 4.40 Å². The number of pyridine rings is 1. The van der Waals surface area contributed by atoms with Gasteiger partial charge in [-0.15, -0.1) is 9.24 Å². The van der Waals surface area contributed by atoms with Crippen molar-refractivity contribution in [1.82, 2.24) is 4.40 Å². The van der Waals surface area contributed by atoms with E-state index in [2.05, 4.69) is 51.2 Å². The molecule has 0 spiro atoms. The van der Waals surface area contributed by atoms with Gasteiger partial charge in [0.1, 0.15) is 0 Å². The Balaban J connectivity index is 2.87. The Morgan fingerprint density at radius 2 is 2.00 bits per heavy atom. The number of nitrogens with zero attached hydrogens (tertiary/aromatic N) is 1. The fourth-order valence-corrected chi connectivity index (χ4v) is 1.50. The summed E-state index contributed by atoms with van der Waals surface area (Å²) >= 11 is 0. The highest BCUT2D eigenvalue weighted by Crippen LogP contribution is 2.09. The lowest BCUT2D eigenvalue weighted by Crippen LogP contribution is -1.92. The molecule has 2 heterocycles. The van der Waals surface area contributed by atoms with Gasteiger partial charge in [-0.25, -0.2) is 0 Å². The molecule has 0 amide bonds. The number of hydrogen-bond acceptors (Lipinski definition) is 0. The quantitative estimate of drug-likeness (QED) is 0.521. The van der Waals surface area contributed by atoms with Crippen molar-refractivity contribution < 1.29 is 0 Å². The summed E-state index contributed by atoms with van der Waals surface area (Å²) in [6.07, 6.45) is 4.15. The second-order valence-electron chi connectivity index (χ2n) is 2.75. The fourth-order valence-electron chi connectivity index (χ4n) is 1.25. The van der Waals surface area contributed by atoms with Crippen molar-refractivity contribution in [2.75, 3.05) is 0 Å². The summed E-state index contributed by atoms with van der Waals surface area (Å²) in [5.41, 5.74) is 2.62. The maximum Gasteiger partial charge on any atom is 0.0485 e. The molecule has 2 heteroatoms. The lowest BCUT2D eigenvalue weighted by molar-refractivity contribution is 1.20. The third-order valence-corrected chi connectivity index (χ3v) is 2.26. The van der Waals surface area contributed by atoms with E-state index in [4.69, 9.17) is 0 Å². The minimum absolute atomic E-state index is 1.24. The maximum absolute atomic E-state index is 2.70. The fraction of sp³-hybridized carbons (Fsp3) is 0.111. The molecule has 0 fully saturated rings. The first-order valence-corrected chi connectivity index (χ1v) is 4.18. The van der Waals surface area contributed by atoms with E-state index in [1.54, 1.807) is 0 Å². The van der Waals surface area contributed by atoms with E-state index in [0.717, 1.165) is 0 Å². The molecule has 2 aromatic rings. The van der Waals surface area contributed by atoms with Crippen molar-refractivity contribution in [2.24, 2.45) is 0 Å². The highest BCUT2D eigenvalue weighted by molar-refractivity contribution is 7.27. The molecule has 1 unspecified atom stereocenters. The summed E-state index contributed by atoms with van der Waals surface area (Å²) in [7, 11) is 2.70. The molecule has 1 nitrogen and oxygen atoms in total. The molecule has 0 radical (unpaired) electrons. The van der Waals surface area contributed by atoms with Crippen molar-refractivity contribution in [3.05, 3.63) is 36.2 Å². The van der Waals surface area contributed by atoms with Crippen LogP contribution in [0.1, 0.15) is 5.56 Å². The van der Waals surface area contributed by atoms with E-state index in [0.29, 0.717) is 0 Å². The summed E-state index contributed by atoms with van der Waals surface area (Å²) < 4.78 is 2.13. The van der Waals surface area contributed by atoms with Crippen molar-refractivity contribution in [3.8, 4) is 0 Å². The van der Waals surface area contributed by atoms with Crippen molar-refractivity contribution in [2.45, 2.75) is 6.92 Å². The van der Waals surface area contributed by atoms with Crippen LogP contribution in [0.3, 0.4) is 0 Å². The Kier molecular flexibility index (Phi) is 1.47. The van der Waals surface area contributed by atoms with Crippen molar-refractivity contribution in [3.63, 3.8) is 0 Å². The van der Waals surface area contributed by atoms with Crippen LogP contribution in [0.5, 0.6) is 0 Å². The number of aryl methyl sites for hydroxylation is 1. The van der Waals surface area contributed by atoms with Gasteiger partial charge in [-0.2, -0.15) is 0 Å². The zero-order valence-corrected chi connectivity index (χ0v) is 7.57. The minimum Gasteiger partial charge on any atom is -0.324 e. The Morgan fingerprint density at radius 1 is 1.27 bits per heavy atom. The molecule has 56 valence electrons. The average Bonchev–Trinajstić information content (AvgIpc) is 2.33. The highest BCUT2D eigenvalue weighted by Gasteiger charge is 1.95. The number of rotatable bonds is 0. The van der Waals surface area contributed by atoms with Gasteiger partial charge in [-0.1, -0.05) is 0 Å². The van der Waals surface area contributed by atoms with Gasteiger partial charge in [0.25, 0.3) is 0 Å². The summed E-state index contributed by atoms with van der Waals surface area (Å²) in [5.74, 6) is 0. The van der Waals surface area contributed by atoms with Crippen LogP contribution in [0, 0.1) is 6.92 Å². The molecule has 0 N–H and O–H groups in total. The molecule has 0 aromatic carbocycles. The van der Waals surface area contributed by atoms with Crippen LogP contribution in [0.4, 0.5) is 0 Å². The Morgan fingerprint density at radius 3 is 2.82 bits per heavy atom. The van der Waals surface area contributed by atoms with Crippen LogP contribution in [0.25, 0.3) is 5.52 Å². The topological polar surface area (TPSA) is 4.41 Å². The highest BCUT2D eigenvalue weighted by atomic mass is 31.0. The van der Waals surface area contributed by atoms with Crippen molar-refractivity contribution >= 4 is 20.1 Å². The van der Waals surface area contributed by atoms with Crippen LogP contribution in [-0.2, 0) is 0 Å². The Hall–Kier alpha value is -0.810. The third kappa shape index (κ3) is 1.06. The van der Waals surface area contributed by atoms with Gasteiger partial charge in [0, 0.05) is 17.9 Å². The van der Waals surface area contributed by atoms with E-state index in [1.807, 2.05) is 0 Å². The largest absolute Gasteiger partial charge is 0.324 e. The molecule has 0 aliphatic heterocycles. The van der Waals surface area contributed by atoms with Crippen molar-refractivity contribution in [1.29, 1.82) is 0 Å². The van der Waals surface area contributed by atoms with Gasteiger partial charge in [0.2, 0.25) is 0 Å². The van der Waals surface area contributed by atoms with E-state index in [9.17, 15) is 0 Å². The average molecular weight is 163 g/mol. The van der Waals surface area contributed by atoms with Crippen LogP contribution in [0.2, 0.25) is 0 Å². The monoisotopic (exact) mass is 163 g/mol. The molecule has 0 aliphatic rings. The van der Waals surface area contributed by atoms with Crippen LogP contribution in [-0.4, -0.2) is 4.40 Å². The third-order valence-electron chi connectivity index (χ3n) is 1.90. The second-order valence-corrected chi connectivity index (χ2v) is 3.42. The van der Waals surface area contributed by atoms with Gasteiger partial charge in [-0.3, -0.25) is 0 Å². The lowest BCUT2D eigenvalue weighted by atomic mass is 10.3. The standard InChI is InChI=1S/C9H10NP/c1-7-2-4-10-5-3-8(11)6-9(7)10/h2-6H,11H2,1H3. The van der Waals surface area contributed by atoms with E-state index in [-0.39, 0.29) is 0 Å². The molecule has 0 saturated heterocycles. The van der Waals surface area contributed by atoms with E-state index >= 15 is 0 Å². The SMILES string of the molecule is Cc1ccn2ccc(P)cc12. The van der Waals surface area contributed by atoms with E-state index in [1.165, 1.54) is 16.4 Å². The lowest BCUT2D eigenvalue weighted by Gasteiger charge is -1.96. The van der Waals surface area contributed by atoms with Crippen LogP contribution < -0.4 is 5.30 Å². The summed E-state index contributed by atoms with van der Waals surface area (Å²) in [6, 6.07) is 6.37. The molecule has 0 aliphatic carbocycles. The molecule has 1 atom stereocenters. The predicted octanol–water partition coefficient (Wildman–Crippen LogP) is 1.75. The molecule has 0 saturated carbocycles. The van der Waals surface area contributed by atoms with Gasteiger partial charge >= 0.3 is 0 Å². The summed E-state index contributed by atoms with van der Waals surface area (Å²) in [5, 5.41) is 1.24. The predicted molar refractivity (Wildman–Crippen MR) is 51.5 cm³/mol. The summed E-state index contributed by atoms with van der Waals surface area (Å²) in [6.45, 7) is 2.12. The molecule has 0 bridgehead atoms. The Labute approximate surface area is 68.2 Å². The number of fused-ring (bicyclic) bond motifs is 1. The van der Waals surface area contributed by atoms with E-state index < -0.39 is 0 Å². The zero-order chi connectivity index (χ0) is 7.84. The second kappa shape index (κ2) is 2.35. The van der Waals surface area contributed by atoms with Gasteiger partial charge in [0.15, 0.2) is 0 Å². The van der Waals surface area contributed by atoms with Crippen LogP contribution in [0.15, 0.2) is 30.6 Å². The molecular weight excluding hydrogens is 153 g/mol. The summed E-state index contributed by atoms with van der Waals surface area (Å²) in [4.78, 5) is 0. The molecule has 2 aromatic heterocycles. The molecule has 2 rings (SSSR count). The molecular formula is C9H10NP. The minimum atomic E-state index is 1.24. The number of aromatic nitrogens is 1. The zero-order valence-electron chi connectivity index (χ0n) is 6.41. The van der Waals surface area contributed by atoms with Gasteiger partial charge in [-0.05, 0) is 36.0 Å². The first-order chi connectivity index (χ1) is 5.27.